The van der Waals surface area contributed by atoms with Crippen LogP contribution < -0.4 is 10.6 Å². The summed E-state index contributed by atoms with van der Waals surface area (Å²) in [4.78, 5) is 15.7. The van der Waals surface area contributed by atoms with Gasteiger partial charge >= 0.3 is 0 Å². The van der Waals surface area contributed by atoms with Crippen molar-refractivity contribution in [1.29, 1.82) is 0 Å². The van der Waals surface area contributed by atoms with Gasteiger partial charge in [-0.1, -0.05) is 11.8 Å². The lowest BCUT2D eigenvalue weighted by Gasteiger charge is -2.38. The zero-order valence-corrected chi connectivity index (χ0v) is 14.1. The molecule has 122 valence electrons. The van der Waals surface area contributed by atoms with Crippen LogP contribution in [0.15, 0.2) is 16.2 Å². The van der Waals surface area contributed by atoms with Gasteiger partial charge in [0.15, 0.2) is 11.3 Å². The van der Waals surface area contributed by atoms with Gasteiger partial charge in [-0.2, -0.15) is 0 Å². The first-order valence-electron chi connectivity index (χ1n) is 8.10. The van der Waals surface area contributed by atoms with Crippen LogP contribution in [0.2, 0.25) is 0 Å². The molecule has 3 fully saturated rings. The molecule has 23 heavy (non-hydrogen) atoms. The second kappa shape index (κ2) is 4.73. The Bertz CT molecular complexity index is 697. The number of nitrogens with zero attached hydrogens (tertiary/aromatic N) is 4. The third-order valence-electron chi connectivity index (χ3n) is 5.48. The summed E-state index contributed by atoms with van der Waals surface area (Å²) < 4.78 is 6.18. The van der Waals surface area contributed by atoms with Gasteiger partial charge < -0.3 is 15.4 Å². The molecule has 7 nitrogen and oxygen atoms in total. The Morgan fingerprint density at radius 3 is 3.17 bits per heavy atom. The summed E-state index contributed by atoms with van der Waals surface area (Å²) in [5.74, 6) is 1.52. The van der Waals surface area contributed by atoms with Gasteiger partial charge in [0.1, 0.15) is 11.1 Å². The second-order valence-electron chi connectivity index (χ2n) is 6.75. The Morgan fingerprint density at radius 1 is 1.61 bits per heavy atom. The number of hydrogen-bond donors (Lipinski definition) is 2. The van der Waals surface area contributed by atoms with E-state index in [1.807, 2.05) is 6.92 Å². The lowest BCUT2D eigenvalue weighted by Crippen LogP contribution is -2.48. The third kappa shape index (κ3) is 2.04. The number of rotatable bonds is 2. The highest BCUT2D eigenvalue weighted by Gasteiger charge is 2.71. The van der Waals surface area contributed by atoms with E-state index >= 15 is 0 Å². The molecule has 0 bridgehead atoms. The average Bonchev–Trinajstić information content (AvgIpc) is 3.13. The molecule has 4 heterocycles. The summed E-state index contributed by atoms with van der Waals surface area (Å²) >= 11 is 1.61. The maximum absolute atomic E-state index is 6.18. The predicted octanol–water partition coefficient (Wildman–Crippen LogP) is 1.02. The van der Waals surface area contributed by atoms with Crippen LogP contribution in [0.5, 0.6) is 0 Å². The van der Waals surface area contributed by atoms with Crippen LogP contribution >= 0.6 is 11.8 Å². The normalized spacial score (nSPS) is 37.3. The quantitative estimate of drug-likeness (QED) is 0.619. The van der Waals surface area contributed by atoms with Gasteiger partial charge in [-0.3, -0.25) is 4.90 Å². The van der Waals surface area contributed by atoms with Gasteiger partial charge in [0.2, 0.25) is 0 Å². The molecule has 1 saturated carbocycles. The van der Waals surface area contributed by atoms with Crippen LogP contribution in [0, 0.1) is 12.8 Å². The Morgan fingerprint density at radius 2 is 2.52 bits per heavy atom. The molecule has 4 atom stereocenters. The number of aromatic nitrogens is 2. The van der Waals surface area contributed by atoms with E-state index in [0.29, 0.717) is 17.5 Å². The SMILES string of the molecule is CN=C(NC1Nc2ncc(C)nc2S1)O[C@H]1CN2CCC23CC13. The number of hydrogen-bond acceptors (Lipinski definition) is 7. The van der Waals surface area contributed by atoms with E-state index in [4.69, 9.17) is 4.74 Å². The fraction of sp³-hybridized carbons (Fsp3) is 0.667. The summed E-state index contributed by atoms with van der Waals surface area (Å²) in [5.41, 5.74) is 1.39. The molecule has 1 aliphatic carbocycles. The van der Waals surface area contributed by atoms with E-state index < -0.39 is 0 Å². The van der Waals surface area contributed by atoms with Crippen LogP contribution in [-0.2, 0) is 4.74 Å². The highest BCUT2D eigenvalue weighted by atomic mass is 32.2. The Kier molecular flexibility index (Phi) is 2.85. The topological polar surface area (TPSA) is 74.7 Å². The molecule has 2 N–H and O–H groups in total. The Hall–Kier alpha value is -1.54. The number of thioether (sulfide) groups is 1. The average molecular weight is 332 g/mol. The van der Waals surface area contributed by atoms with Gasteiger partial charge in [0, 0.05) is 31.6 Å². The maximum Gasteiger partial charge on any atom is 0.286 e. The van der Waals surface area contributed by atoms with Crippen LogP contribution in [0.3, 0.4) is 0 Å². The maximum atomic E-state index is 6.18. The number of piperidine rings is 1. The number of nitrogens with one attached hydrogen (secondary N) is 2. The fourth-order valence-corrected chi connectivity index (χ4v) is 5.09. The van der Waals surface area contributed by atoms with E-state index in [1.54, 1.807) is 25.0 Å². The number of aliphatic imine (C=N–C) groups is 1. The van der Waals surface area contributed by atoms with Crippen molar-refractivity contribution in [2.75, 3.05) is 25.5 Å². The third-order valence-corrected chi connectivity index (χ3v) is 6.46. The largest absolute Gasteiger partial charge is 0.460 e. The standard InChI is InChI=1S/C15H20N6OS/c1-8-6-17-11-12(18-8)23-14(19-11)20-13(16-2)22-10-7-21-4-3-15(21)5-9(10)15/h6,9-10,14H,3-5,7H2,1-2H3,(H,16,20)(H,17,19)/t9?,10-,14?,15?/m0/s1. The van der Waals surface area contributed by atoms with Gasteiger partial charge in [-0.25, -0.2) is 15.0 Å². The van der Waals surface area contributed by atoms with Crippen molar-refractivity contribution in [2.45, 2.75) is 41.9 Å². The Balaban J connectivity index is 1.22. The number of amidine groups is 1. The molecular formula is C15H20N6OS. The zero-order chi connectivity index (χ0) is 15.6. The molecule has 5 rings (SSSR count). The molecule has 4 aliphatic rings. The molecule has 3 aliphatic heterocycles. The van der Waals surface area contributed by atoms with Crippen molar-refractivity contribution >= 4 is 23.6 Å². The summed E-state index contributed by atoms with van der Waals surface area (Å²) in [7, 11) is 1.77. The van der Waals surface area contributed by atoms with Gasteiger partial charge in [-0.15, -0.1) is 0 Å². The minimum absolute atomic E-state index is 0.0444. The smallest absolute Gasteiger partial charge is 0.286 e. The number of fused-ring (bicyclic) bond motifs is 1. The zero-order valence-electron chi connectivity index (χ0n) is 13.2. The lowest BCUT2D eigenvalue weighted by molar-refractivity contribution is 0.0802. The first kappa shape index (κ1) is 13.9. The van der Waals surface area contributed by atoms with Gasteiger partial charge in [-0.05, 0) is 19.8 Å². The molecule has 1 aromatic heterocycles. The van der Waals surface area contributed by atoms with Gasteiger partial charge in [0.05, 0.1) is 11.9 Å². The molecule has 8 heteroatoms. The molecule has 3 unspecified atom stereocenters. The molecular weight excluding hydrogens is 312 g/mol. The summed E-state index contributed by atoms with van der Waals surface area (Å²) in [6, 6.07) is 0.606. The minimum Gasteiger partial charge on any atom is -0.460 e. The monoisotopic (exact) mass is 332 g/mol. The van der Waals surface area contributed by atoms with Crippen LogP contribution in [-0.4, -0.2) is 58.2 Å². The highest BCUT2D eigenvalue weighted by Crippen LogP contribution is 2.63. The van der Waals surface area contributed by atoms with Crippen LogP contribution in [0.1, 0.15) is 18.5 Å². The predicted molar refractivity (Wildman–Crippen MR) is 88.4 cm³/mol. The molecule has 0 aromatic carbocycles. The molecule has 0 radical (unpaired) electrons. The van der Waals surface area contributed by atoms with Gasteiger partial charge in [0.25, 0.3) is 6.02 Å². The van der Waals surface area contributed by atoms with Crippen LogP contribution in [0.25, 0.3) is 0 Å². The number of anilines is 1. The molecule has 1 aromatic rings. The molecule has 0 amide bonds. The van der Waals surface area contributed by atoms with Crippen molar-refractivity contribution in [3.05, 3.63) is 11.9 Å². The summed E-state index contributed by atoms with van der Waals surface area (Å²) in [5, 5.41) is 7.56. The first-order valence-corrected chi connectivity index (χ1v) is 8.98. The Labute approximate surface area is 139 Å². The van der Waals surface area contributed by atoms with E-state index in [9.17, 15) is 0 Å². The summed E-state index contributed by atoms with van der Waals surface area (Å²) in [6.45, 7) is 4.22. The van der Waals surface area contributed by atoms with Crippen molar-refractivity contribution in [2.24, 2.45) is 10.9 Å². The van der Waals surface area contributed by atoms with Crippen molar-refractivity contribution in [1.82, 2.24) is 20.2 Å². The fourth-order valence-electron chi connectivity index (χ4n) is 4.12. The van der Waals surface area contributed by atoms with E-state index in [1.165, 1.54) is 19.4 Å². The number of aryl methyl sites for hydroxylation is 1. The van der Waals surface area contributed by atoms with E-state index in [-0.39, 0.29) is 11.6 Å². The first-order chi connectivity index (χ1) is 11.2. The molecule has 2 saturated heterocycles. The highest BCUT2D eigenvalue weighted by molar-refractivity contribution is 8.00. The minimum atomic E-state index is -0.0444. The van der Waals surface area contributed by atoms with Crippen LogP contribution in [0.4, 0.5) is 5.82 Å². The van der Waals surface area contributed by atoms with E-state index in [0.717, 1.165) is 23.1 Å². The van der Waals surface area contributed by atoms with Crippen molar-refractivity contribution in [3.8, 4) is 0 Å². The lowest BCUT2D eigenvalue weighted by atomic mass is 10.0. The second-order valence-corrected chi connectivity index (χ2v) is 7.84. The number of ether oxygens (including phenoxy) is 1. The van der Waals surface area contributed by atoms with E-state index in [2.05, 4.69) is 30.5 Å². The summed E-state index contributed by atoms with van der Waals surface area (Å²) in [6.07, 6.45) is 4.69. The van der Waals surface area contributed by atoms with Crippen molar-refractivity contribution < 1.29 is 4.74 Å². The molecule has 1 spiro atoms. The van der Waals surface area contributed by atoms with Crippen molar-refractivity contribution in [3.63, 3.8) is 0 Å².